The zero-order valence-electron chi connectivity index (χ0n) is 12.4. The number of hydrogen-bond acceptors (Lipinski definition) is 2. The molecular weight excluding hydrogens is 276 g/mol. The predicted molar refractivity (Wildman–Crippen MR) is 86.2 cm³/mol. The third kappa shape index (κ3) is 5.79. The summed E-state index contributed by atoms with van der Waals surface area (Å²) in [7, 11) is 0. The number of nitrogens with one attached hydrogen (secondary N) is 2. The van der Waals surface area contributed by atoms with E-state index < -0.39 is 6.03 Å². The van der Waals surface area contributed by atoms with Crippen LogP contribution < -0.4 is 10.6 Å². The zero-order chi connectivity index (χ0) is 15.6. The van der Waals surface area contributed by atoms with Crippen LogP contribution in [0, 0.1) is 0 Å². The molecule has 0 atom stereocenters. The molecule has 3 amide bonds. The van der Waals surface area contributed by atoms with Gasteiger partial charge in [0.25, 0.3) is 0 Å². The van der Waals surface area contributed by atoms with E-state index in [1.807, 2.05) is 60.7 Å². The van der Waals surface area contributed by atoms with Gasteiger partial charge < -0.3 is 5.32 Å². The van der Waals surface area contributed by atoms with Crippen molar-refractivity contribution in [1.29, 1.82) is 0 Å². The Labute approximate surface area is 130 Å². The van der Waals surface area contributed by atoms with Gasteiger partial charge in [0.15, 0.2) is 0 Å². The second-order valence-electron chi connectivity index (χ2n) is 5.06. The second-order valence-corrected chi connectivity index (χ2v) is 5.06. The fourth-order valence-electron chi connectivity index (χ4n) is 2.11. The molecule has 0 saturated carbocycles. The topological polar surface area (TPSA) is 58.2 Å². The van der Waals surface area contributed by atoms with Crippen molar-refractivity contribution in [1.82, 2.24) is 10.6 Å². The fourth-order valence-corrected chi connectivity index (χ4v) is 2.11. The number of carbonyl (C=O) groups excluding carboxylic acids is 2. The summed E-state index contributed by atoms with van der Waals surface area (Å²) in [6.07, 6.45) is 1.90. The third-order valence-corrected chi connectivity index (χ3v) is 3.26. The first-order valence-electron chi connectivity index (χ1n) is 7.39. The standard InChI is InChI=1S/C18H20N2O2/c21-17(13-7-12-15-8-3-1-4-9-15)20-18(22)19-14-16-10-5-2-6-11-16/h1-6,8-11H,7,12-14H2,(H2,19,20,21,22). The van der Waals surface area contributed by atoms with E-state index in [0.717, 1.165) is 18.4 Å². The Morgan fingerprint density at radius 2 is 1.41 bits per heavy atom. The number of aryl methyl sites for hydroxylation is 1. The summed E-state index contributed by atoms with van der Waals surface area (Å²) in [6, 6.07) is 19.1. The summed E-state index contributed by atoms with van der Waals surface area (Å²) < 4.78 is 0. The lowest BCUT2D eigenvalue weighted by Crippen LogP contribution is -2.39. The first kappa shape index (κ1) is 15.8. The van der Waals surface area contributed by atoms with E-state index in [-0.39, 0.29) is 5.91 Å². The summed E-state index contributed by atoms with van der Waals surface area (Å²) in [6.45, 7) is 0.407. The monoisotopic (exact) mass is 296 g/mol. The van der Waals surface area contributed by atoms with Gasteiger partial charge in [-0.15, -0.1) is 0 Å². The zero-order valence-corrected chi connectivity index (χ0v) is 12.4. The third-order valence-electron chi connectivity index (χ3n) is 3.26. The maximum absolute atomic E-state index is 11.7. The molecule has 114 valence electrons. The number of benzene rings is 2. The van der Waals surface area contributed by atoms with Gasteiger partial charge in [-0.2, -0.15) is 0 Å². The van der Waals surface area contributed by atoms with Gasteiger partial charge in [0.1, 0.15) is 0 Å². The van der Waals surface area contributed by atoms with Crippen molar-refractivity contribution in [3.8, 4) is 0 Å². The normalized spacial score (nSPS) is 10.0. The van der Waals surface area contributed by atoms with Gasteiger partial charge in [0.2, 0.25) is 5.91 Å². The van der Waals surface area contributed by atoms with Gasteiger partial charge in [-0.3, -0.25) is 10.1 Å². The molecule has 0 aliphatic rings. The van der Waals surface area contributed by atoms with Crippen LogP contribution in [0.2, 0.25) is 0 Å². The molecular formula is C18H20N2O2. The van der Waals surface area contributed by atoms with Gasteiger partial charge in [-0.25, -0.2) is 4.79 Å². The van der Waals surface area contributed by atoms with Gasteiger partial charge in [-0.1, -0.05) is 60.7 Å². The summed E-state index contributed by atoms with van der Waals surface area (Å²) in [4.78, 5) is 23.3. The molecule has 2 aromatic rings. The van der Waals surface area contributed by atoms with Crippen LogP contribution in [0.15, 0.2) is 60.7 Å². The number of urea groups is 1. The summed E-state index contributed by atoms with van der Waals surface area (Å²) in [5.41, 5.74) is 2.19. The average molecular weight is 296 g/mol. The van der Waals surface area contributed by atoms with Crippen LogP contribution in [-0.4, -0.2) is 11.9 Å². The van der Waals surface area contributed by atoms with Gasteiger partial charge >= 0.3 is 6.03 Å². The second kappa shape index (κ2) is 8.62. The molecule has 2 aromatic carbocycles. The van der Waals surface area contributed by atoms with E-state index in [0.29, 0.717) is 13.0 Å². The molecule has 0 saturated heterocycles. The van der Waals surface area contributed by atoms with Crippen LogP contribution in [-0.2, 0) is 17.8 Å². The Balaban J connectivity index is 1.63. The molecule has 0 radical (unpaired) electrons. The van der Waals surface area contributed by atoms with Crippen molar-refractivity contribution in [2.24, 2.45) is 0 Å². The number of carbonyl (C=O) groups is 2. The Morgan fingerprint density at radius 3 is 2.05 bits per heavy atom. The molecule has 4 nitrogen and oxygen atoms in total. The molecule has 22 heavy (non-hydrogen) atoms. The van der Waals surface area contributed by atoms with Crippen LogP contribution >= 0.6 is 0 Å². The van der Waals surface area contributed by atoms with Crippen molar-refractivity contribution in [2.45, 2.75) is 25.8 Å². The average Bonchev–Trinajstić information content (AvgIpc) is 2.55. The number of imide groups is 1. The van der Waals surface area contributed by atoms with E-state index in [2.05, 4.69) is 10.6 Å². The summed E-state index contributed by atoms with van der Waals surface area (Å²) in [5.74, 6) is -0.249. The molecule has 0 unspecified atom stereocenters. The largest absolute Gasteiger partial charge is 0.334 e. The van der Waals surface area contributed by atoms with Crippen LogP contribution in [0.5, 0.6) is 0 Å². The molecule has 0 aliphatic carbocycles. The van der Waals surface area contributed by atoms with Crippen molar-refractivity contribution >= 4 is 11.9 Å². The van der Waals surface area contributed by atoms with Crippen LogP contribution in [0.3, 0.4) is 0 Å². The lowest BCUT2D eigenvalue weighted by atomic mass is 10.1. The van der Waals surface area contributed by atoms with E-state index in [4.69, 9.17) is 0 Å². The molecule has 0 spiro atoms. The minimum Gasteiger partial charge on any atom is -0.334 e. The summed E-state index contributed by atoms with van der Waals surface area (Å²) in [5, 5.41) is 5.01. The Morgan fingerprint density at radius 1 is 0.818 bits per heavy atom. The highest BCUT2D eigenvalue weighted by Gasteiger charge is 2.07. The van der Waals surface area contributed by atoms with E-state index >= 15 is 0 Å². The molecule has 2 N–H and O–H groups in total. The highest BCUT2D eigenvalue weighted by atomic mass is 16.2. The smallest absolute Gasteiger partial charge is 0.321 e. The SMILES string of the molecule is O=C(CCCc1ccccc1)NC(=O)NCc1ccccc1. The minimum absolute atomic E-state index is 0.249. The first-order chi connectivity index (χ1) is 10.7. The van der Waals surface area contributed by atoms with Crippen LogP contribution in [0.25, 0.3) is 0 Å². The van der Waals surface area contributed by atoms with E-state index in [9.17, 15) is 9.59 Å². The molecule has 0 heterocycles. The van der Waals surface area contributed by atoms with Gasteiger partial charge in [0, 0.05) is 13.0 Å². The lowest BCUT2D eigenvalue weighted by Gasteiger charge is -2.07. The molecule has 0 aromatic heterocycles. The van der Waals surface area contributed by atoms with Crippen LogP contribution in [0.1, 0.15) is 24.0 Å². The Hall–Kier alpha value is -2.62. The number of hydrogen-bond donors (Lipinski definition) is 2. The maximum atomic E-state index is 11.7. The van der Waals surface area contributed by atoms with Crippen molar-refractivity contribution in [3.63, 3.8) is 0 Å². The first-order valence-corrected chi connectivity index (χ1v) is 7.39. The van der Waals surface area contributed by atoms with Crippen molar-refractivity contribution in [3.05, 3.63) is 71.8 Å². The number of amides is 3. The summed E-state index contributed by atoms with van der Waals surface area (Å²) >= 11 is 0. The van der Waals surface area contributed by atoms with Gasteiger partial charge in [0.05, 0.1) is 0 Å². The van der Waals surface area contributed by atoms with E-state index in [1.165, 1.54) is 5.56 Å². The molecule has 0 bridgehead atoms. The quantitative estimate of drug-likeness (QED) is 0.861. The Bertz CT molecular complexity index is 597. The highest BCUT2D eigenvalue weighted by molar-refractivity contribution is 5.94. The van der Waals surface area contributed by atoms with Crippen molar-refractivity contribution < 1.29 is 9.59 Å². The van der Waals surface area contributed by atoms with Crippen molar-refractivity contribution in [2.75, 3.05) is 0 Å². The maximum Gasteiger partial charge on any atom is 0.321 e. The highest BCUT2D eigenvalue weighted by Crippen LogP contribution is 2.04. The molecule has 0 fully saturated rings. The molecule has 0 aliphatic heterocycles. The van der Waals surface area contributed by atoms with E-state index in [1.54, 1.807) is 0 Å². The van der Waals surface area contributed by atoms with Crippen LogP contribution in [0.4, 0.5) is 4.79 Å². The predicted octanol–water partition coefficient (Wildman–Crippen LogP) is 3.04. The lowest BCUT2D eigenvalue weighted by molar-refractivity contribution is -0.120. The Kier molecular flexibility index (Phi) is 6.18. The fraction of sp³-hybridized carbons (Fsp3) is 0.222. The number of rotatable bonds is 6. The van der Waals surface area contributed by atoms with Gasteiger partial charge in [-0.05, 0) is 24.0 Å². The molecule has 4 heteroatoms. The minimum atomic E-state index is -0.450. The molecule has 2 rings (SSSR count).